The van der Waals surface area contributed by atoms with Crippen LogP contribution < -0.4 is 5.32 Å². The average Bonchev–Trinajstić information content (AvgIpc) is 2.13. The van der Waals surface area contributed by atoms with Crippen LogP contribution in [0.4, 0.5) is 0 Å². The number of carbonyl (C=O) groups excluding carboxylic acids is 1. The van der Waals surface area contributed by atoms with E-state index in [1.165, 1.54) is 0 Å². The molecule has 0 rings (SSSR count). The fourth-order valence-corrected chi connectivity index (χ4v) is 2.28. The first-order valence-electron chi connectivity index (χ1n) is 6.08. The fourth-order valence-electron chi connectivity index (χ4n) is 2.28. The molecule has 0 aromatic rings. The smallest absolute Gasteiger partial charge is 0.207 e. The minimum absolute atomic E-state index is 0.195. The van der Waals surface area contributed by atoms with Crippen LogP contribution in [0.2, 0.25) is 0 Å². The van der Waals surface area contributed by atoms with Crippen molar-refractivity contribution in [3.05, 3.63) is 0 Å². The van der Waals surface area contributed by atoms with E-state index < -0.39 is 0 Å². The number of amides is 1. The zero-order valence-corrected chi connectivity index (χ0v) is 11.4. The van der Waals surface area contributed by atoms with Crippen molar-refractivity contribution in [2.45, 2.75) is 47.5 Å². The Morgan fingerprint density at radius 3 is 2.31 bits per heavy atom. The van der Waals surface area contributed by atoms with Gasteiger partial charge in [0.05, 0.1) is 6.61 Å². The third kappa shape index (κ3) is 7.69. The number of hydrogen-bond donors (Lipinski definition) is 1. The summed E-state index contributed by atoms with van der Waals surface area (Å²) in [5.74, 6) is 0. The number of carbonyl (C=O) groups is 1. The normalized spacial score (nSPS) is 12.6. The first-order valence-corrected chi connectivity index (χ1v) is 6.08. The molecule has 3 heteroatoms. The average molecular weight is 229 g/mol. The topological polar surface area (TPSA) is 38.3 Å². The molecule has 0 atom stereocenters. The van der Waals surface area contributed by atoms with E-state index in [2.05, 4.69) is 33.0 Å². The van der Waals surface area contributed by atoms with Gasteiger partial charge in [-0.3, -0.25) is 4.79 Å². The highest BCUT2D eigenvalue weighted by Crippen LogP contribution is 2.36. The van der Waals surface area contributed by atoms with E-state index >= 15 is 0 Å². The summed E-state index contributed by atoms with van der Waals surface area (Å²) in [6, 6.07) is 0. The molecule has 0 aliphatic carbocycles. The van der Waals surface area contributed by atoms with Gasteiger partial charge in [0, 0.05) is 13.2 Å². The molecule has 0 aliphatic rings. The highest BCUT2D eigenvalue weighted by Gasteiger charge is 2.28. The van der Waals surface area contributed by atoms with Crippen LogP contribution in [0.15, 0.2) is 0 Å². The van der Waals surface area contributed by atoms with Crippen LogP contribution >= 0.6 is 0 Å². The van der Waals surface area contributed by atoms with Crippen LogP contribution in [-0.2, 0) is 9.53 Å². The van der Waals surface area contributed by atoms with Gasteiger partial charge in [-0.05, 0) is 30.6 Å². The first kappa shape index (κ1) is 15.4. The summed E-state index contributed by atoms with van der Waals surface area (Å²) in [5.41, 5.74) is 0.428. The summed E-state index contributed by atoms with van der Waals surface area (Å²) < 4.78 is 5.50. The van der Waals surface area contributed by atoms with Gasteiger partial charge < -0.3 is 10.1 Å². The molecule has 96 valence electrons. The molecule has 0 fully saturated rings. The molecule has 0 aliphatic heterocycles. The Morgan fingerprint density at radius 2 is 1.81 bits per heavy atom. The van der Waals surface area contributed by atoms with E-state index in [-0.39, 0.29) is 10.8 Å². The Morgan fingerprint density at radius 1 is 1.19 bits per heavy atom. The van der Waals surface area contributed by atoms with Gasteiger partial charge in [0.1, 0.15) is 0 Å². The van der Waals surface area contributed by atoms with Gasteiger partial charge in [-0.15, -0.1) is 0 Å². The molecule has 0 unspecified atom stereocenters. The van der Waals surface area contributed by atoms with E-state index in [1.807, 2.05) is 6.92 Å². The summed E-state index contributed by atoms with van der Waals surface area (Å²) >= 11 is 0. The van der Waals surface area contributed by atoms with E-state index in [4.69, 9.17) is 4.74 Å². The highest BCUT2D eigenvalue weighted by atomic mass is 16.5. The molecule has 0 aromatic carbocycles. The van der Waals surface area contributed by atoms with Crippen LogP contribution in [0.5, 0.6) is 0 Å². The van der Waals surface area contributed by atoms with Crippen LogP contribution in [-0.4, -0.2) is 26.2 Å². The predicted molar refractivity (Wildman–Crippen MR) is 67.4 cm³/mol. The Kier molecular flexibility index (Phi) is 6.65. The van der Waals surface area contributed by atoms with Gasteiger partial charge in [0.15, 0.2) is 0 Å². The third-order valence-corrected chi connectivity index (χ3v) is 2.68. The second-order valence-electron chi connectivity index (χ2n) is 5.96. The Balaban J connectivity index is 4.05. The molecule has 0 saturated carbocycles. The summed E-state index contributed by atoms with van der Waals surface area (Å²) in [6.07, 6.45) is 2.86. The Hall–Kier alpha value is -0.570. The quantitative estimate of drug-likeness (QED) is 0.487. The molecule has 0 aromatic heterocycles. The van der Waals surface area contributed by atoms with Crippen LogP contribution in [0.3, 0.4) is 0 Å². The van der Waals surface area contributed by atoms with Gasteiger partial charge in [0.2, 0.25) is 6.41 Å². The molecule has 0 heterocycles. The molecule has 1 amide bonds. The first-order chi connectivity index (χ1) is 7.33. The van der Waals surface area contributed by atoms with Crippen molar-refractivity contribution in [1.82, 2.24) is 5.32 Å². The lowest BCUT2D eigenvalue weighted by Gasteiger charge is -2.34. The molecule has 0 radical (unpaired) electrons. The van der Waals surface area contributed by atoms with Crippen molar-refractivity contribution in [2.75, 3.05) is 19.8 Å². The lowest BCUT2D eigenvalue weighted by molar-refractivity contribution is -0.109. The predicted octanol–water partition coefficient (Wildman–Crippen LogP) is 2.60. The molecule has 0 spiro atoms. The molecular weight excluding hydrogens is 202 g/mol. The molecule has 16 heavy (non-hydrogen) atoms. The lowest BCUT2D eigenvalue weighted by atomic mass is 9.74. The van der Waals surface area contributed by atoms with Crippen molar-refractivity contribution in [3.63, 3.8) is 0 Å². The van der Waals surface area contributed by atoms with Gasteiger partial charge in [-0.2, -0.15) is 0 Å². The maximum Gasteiger partial charge on any atom is 0.207 e. The molecule has 0 bridgehead atoms. The Labute approximate surface area is 99.9 Å². The summed E-state index contributed by atoms with van der Waals surface area (Å²) in [6.45, 7) is 13.3. The fraction of sp³-hybridized carbons (Fsp3) is 0.923. The van der Waals surface area contributed by atoms with Crippen LogP contribution in [0, 0.1) is 10.8 Å². The molecular formula is C13H27NO2. The summed E-state index contributed by atoms with van der Waals surface area (Å²) in [5, 5.41) is 2.72. The largest absolute Gasteiger partial charge is 0.381 e. The highest BCUT2D eigenvalue weighted by molar-refractivity contribution is 5.45. The molecule has 0 saturated heterocycles. The zero-order chi connectivity index (χ0) is 12.7. The van der Waals surface area contributed by atoms with E-state index in [0.29, 0.717) is 0 Å². The van der Waals surface area contributed by atoms with Crippen molar-refractivity contribution in [2.24, 2.45) is 10.8 Å². The minimum atomic E-state index is 0.195. The maximum absolute atomic E-state index is 10.2. The van der Waals surface area contributed by atoms with Gasteiger partial charge >= 0.3 is 0 Å². The van der Waals surface area contributed by atoms with Gasteiger partial charge in [-0.1, -0.05) is 27.7 Å². The summed E-state index contributed by atoms with van der Waals surface area (Å²) in [4.78, 5) is 10.2. The van der Waals surface area contributed by atoms with Gasteiger partial charge in [0.25, 0.3) is 0 Å². The van der Waals surface area contributed by atoms with Gasteiger partial charge in [-0.25, -0.2) is 0 Å². The standard InChI is InChI=1S/C13H27NO2/c1-6-16-10-13(4,5)9-12(2,3)7-8-14-11-15/h11H,6-10H2,1-5H3,(H,14,15). The zero-order valence-electron chi connectivity index (χ0n) is 11.4. The maximum atomic E-state index is 10.2. The van der Waals surface area contributed by atoms with Crippen molar-refractivity contribution < 1.29 is 9.53 Å². The number of ether oxygens (including phenoxy) is 1. The van der Waals surface area contributed by atoms with E-state index in [1.54, 1.807) is 0 Å². The minimum Gasteiger partial charge on any atom is -0.381 e. The SMILES string of the molecule is CCOCC(C)(C)CC(C)(C)CCNC=O. The summed E-state index contributed by atoms with van der Waals surface area (Å²) in [7, 11) is 0. The second-order valence-corrected chi connectivity index (χ2v) is 5.96. The van der Waals surface area contributed by atoms with Crippen molar-refractivity contribution in [1.29, 1.82) is 0 Å². The Bertz CT molecular complexity index is 200. The monoisotopic (exact) mass is 229 g/mol. The van der Waals surface area contributed by atoms with Crippen LogP contribution in [0.1, 0.15) is 47.5 Å². The second kappa shape index (κ2) is 6.89. The van der Waals surface area contributed by atoms with E-state index in [0.717, 1.165) is 39.0 Å². The third-order valence-electron chi connectivity index (χ3n) is 2.68. The molecule has 1 N–H and O–H groups in total. The van der Waals surface area contributed by atoms with Crippen molar-refractivity contribution in [3.8, 4) is 0 Å². The number of rotatable bonds is 9. The van der Waals surface area contributed by atoms with E-state index in [9.17, 15) is 4.79 Å². The number of hydrogen-bond acceptors (Lipinski definition) is 2. The van der Waals surface area contributed by atoms with Crippen LogP contribution in [0.25, 0.3) is 0 Å². The lowest BCUT2D eigenvalue weighted by Crippen LogP contribution is -2.30. The molecule has 3 nitrogen and oxygen atoms in total. The number of nitrogens with one attached hydrogen (secondary N) is 1. The van der Waals surface area contributed by atoms with Crippen molar-refractivity contribution >= 4 is 6.41 Å².